The van der Waals surface area contributed by atoms with Crippen LogP contribution in [0, 0.1) is 5.92 Å². The fourth-order valence-electron chi connectivity index (χ4n) is 2.75. The lowest BCUT2D eigenvalue weighted by Crippen LogP contribution is -2.47. The molecule has 0 aromatic rings. The molecule has 2 aliphatic rings. The maximum atomic E-state index is 3.66. The van der Waals surface area contributed by atoms with Crippen molar-refractivity contribution in [3.05, 3.63) is 0 Å². The monoisotopic (exact) mass is 199 g/mol. The van der Waals surface area contributed by atoms with Gasteiger partial charge in [-0.1, -0.05) is 19.8 Å². The molecule has 0 aromatic carbocycles. The van der Waals surface area contributed by atoms with E-state index in [1.807, 2.05) is 0 Å². The molecule has 1 N–H and O–H groups in total. The molecule has 13 heavy (non-hydrogen) atoms. The third-order valence-electron chi connectivity index (χ3n) is 3.44. The summed E-state index contributed by atoms with van der Waals surface area (Å²) in [6.07, 6.45) is 7.23. The van der Waals surface area contributed by atoms with Crippen LogP contribution in [0.5, 0.6) is 0 Å². The summed E-state index contributed by atoms with van der Waals surface area (Å²) in [4.78, 5) is 0. The molecule has 2 fully saturated rings. The predicted octanol–water partition coefficient (Wildman–Crippen LogP) is 2.66. The molecule has 2 rings (SSSR count). The summed E-state index contributed by atoms with van der Waals surface area (Å²) in [5, 5.41) is 4.61. The standard InChI is InChI=1S/C11H21NS/c1-2-3-9-4-5-10-11(8-9)13-7-6-12-10/h9-12H,2-8H2,1H3. The fraction of sp³-hybridized carbons (Fsp3) is 1.00. The van der Waals surface area contributed by atoms with Crippen molar-refractivity contribution in [2.45, 2.75) is 50.3 Å². The Morgan fingerprint density at radius 2 is 2.31 bits per heavy atom. The van der Waals surface area contributed by atoms with Crippen molar-refractivity contribution in [3.63, 3.8) is 0 Å². The summed E-state index contributed by atoms with van der Waals surface area (Å²) < 4.78 is 0. The molecule has 0 spiro atoms. The Balaban J connectivity index is 1.84. The first-order valence-corrected chi connectivity index (χ1v) is 6.80. The molecule has 3 unspecified atom stereocenters. The largest absolute Gasteiger partial charge is 0.312 e. The van der Waals surface area contributed by atoms with Gasteiger partial charge in [-0.05, 0) is 25.2 Å². The van der Waals surface area contributed by atoms with E-state index < -0.39 is 0 Å². The van der Waals surface area contributed by atoms with Gasteiger partial charge in [0.05, 0.1) is 0 Å². The van der Waals surface area contributed by atoms with Crippen LogP contribution in [-0.2, 0) is 0 Å². The van der Waals surface area contributed by atoms with Crippen LogP contribution < -0.4 is 5.32 Å². The average Bonchev–Trinajstić information content (AvgIpc) is 2.18. The van der Waals surface area contributed by atoms with E-state index in [1.54, 1.807) is 0 Å². The second-order valence-electron chi connectivity index (χ2n) is 4.44. The molecule has 0 aromatic heterocycles. The molecule has 3 atom stereocenters. The van der Waals surface area contributed by atoms with Crippen molar-refractivity contribution in [2.75, 3.05) is 12.3 Å². The summed E-state index contributed by atoms with van der Waals surface area (Å²) in [5.41, 5.74) is 0. The zero-order chi connectivity index (χ0) is 9.10. The lowest BCUT2D eigenvalue weighted by atomic mass is 9.83. The molecular formula is C11H21NS. The van der Waals surface area contributed by atoms with Crippen molar-refractivity contribution < 1.29 is 0 Å². The van der Waals surface area contributed by atoms with Gasteiger partial charge in [0, 0.05) is 23.6 Å². The molecule has 1 saturated heterocycles. The van der Waals surface area contributed by atoms with Crippen molar-refractivity contribution in [1.29, 1.82) is 0 Å². The van der Waals surface area contributed by atoms with Gasteiger partial charge in [0.15, 0.2) is 0 Å². The normalized spacial score (nSPS) is 39.9. The third-order valence-corrected chi connectivity index (χ3v) is 4.83. The zero-order valence-corrected chi connectivity index (χ0v) is 9.41. The summed E-state index contributed by atoms with van der Waals surface area (Å²) in [6.45, 7) is 3.56. The Hall–Kier alpha value is 0.310. The molecule has 76 valence electrons. The Morgan fingerprint density at radius 3 is 3.15 bits per heavy atom. The lowest BCUT2D eigenvalue weighted by molar-refractivity contribution is 0.285. The Morgan fingerprint density at radius 1 is 1.38 bits per heavy atom. The summed E-state index contributed by atoms with van der Waals surface area (Å²) in [6, 6.07) is 0.854. The van der Waals surface area contributed by atoms with Gasteiger partial charge in [-0.2, -0.15) is 11.8 Å². The van der Waals surface area contributed by atoms with Gasteiger partial charge in [0.2, 0.25) is 0 Å². The van der Waals surface area contributed by atoms with Gasteiger partial charge in [0.25, 0.3) is 0 Å². The minimum Gasteiger partial charge on any atom is -0.312 e. The third kappa shape index (κ3) is 2.41. The van der Waals surface area contributed by atoms with Crippen LogP contribution in [0.3, 0.4) is 0 Å². The first kappa shape index (κ1) is 9.85. The second-order valence-corrected chi connectivity index (χ2v) is 5.78. The quantitative estimate of drug-likeness (QED) is 0.734. The van der Waals surface area contributed by atoms with Crippen LogP contribution in [0.15, 0.2) is 0 Å². The SMILES string of the molecule is CCCC1CCC2NCCSC2C1. The predicted molar refractivity (Wildman–Crippen MR) is 60.3 cm³/mol. The summed E-state index contributed by atoms with van der Waals surface area (Å²) in [7, 11) is 0. The van der Waals surface area contributed by atoms with E-state index in [4.69, 9.17) is 0 Å². The van der Waals surface area contributed by atoms with Crippen molar-refractivity contribution in [3.8, 4) is 0 Å². The van der Waals surface area contributed by atoms with E-state index in [9.17, 15) is 0 Å². The van der Waals surface area contributed by atoms with Gasteiger partial charge in [0.1, 0.15) is 0 Å². The fourth-order valence-corrected chi connectivity index (χ4v) is 4.17. The second kappa shape index (κ2) is 4.70. The zero-order valence-electron chi connectivity index (χ0n) is 8.59. The number of hydrogen-bond donors (Lipinski definition) is 1. The summed E-state index contributed by atoms with van der Waals surface area (Å²) >= 11 is 2.21. The minimum absolute atomic E-state index is 0.854. The smallest absolute Gasteiger partial charge is 0.0204 e. The van der Waals surface area contributed by atoms with E-state index in [0.29, 0.717) is 0 Å². The molecule has 1 aliphatic heterocycles. The van der Waals surface area contributed by atoms with Crippen LogP contribution in [0.2, 0.25) is 0 Å². The Kier molecular flexibility index (Phi) is 3.56. The molecule has 2 heteroatoms. The number of nitrogens with one attached hydrogen (secondary N) is 1. The number of thioether (sulfide) groups is 1. The molecule has 1 saturated carbocycles. The number of hydrogen-bond acceptors (Lipinski definition) is 2. The van der Waals surface area contributed by atoms with Gasteiger partial charge in [-0.25, -0.2) is 0 Å². The molecule has 1 aliphatic carbocycles. The first-order valence-electron chi connectivity index (χ1n) is 5.75. The van der Waals surface area contributed by atoms with Crippen molar-refractivity contribution in [2.24, 2.45) is 5.92 Å². The molecule has 0 amide bonds. The molecular weight excluding hydrogens is 178 g/mol. The maximum Gasteiger partial charge on any atom is 0.0204 e. The van der Waals surface area contributed by atoms with Gasteiger partial charge in [-0.3, -0.25) is 0 Å². The highest BCUT2D eigenvalue weighted by atomic mass is 32.2. The lowest BCUT2D eigenvalue weighted by Gasteiger charge is -2.39. The highest BCUT2D eigenvalue weighted by molar-refractivity contribution is 8.00. The van der Waals surface area contributed by atoms with E-state index in [-0.39, 0.29) is 0 Å². The van der Waals surface area contributed by atoms with Crippen LogP contribution in [0.25, 0.3) is 0 Å². The van der Waals surface area contributed by atoms with Gasteiger partial charge < -0.3 is 5.32 Å². The number of rotatable bonds is 2. The van der Waals surface area contributed by atoms with E-state index in [2.05, 4.69) is 24.0 Å². The van der Waals surface area contributed by atoms with Crippen LogP contribution in [-0.4, -0.2) is 23.6 Å². The van der Waals surface area contributed by atoms with E-state index in [0.717, 1.165) is 17.2 Å². The minimum atomic E-state index is 0.854. The topological polar surface area (TPSA) is 12.0 Å². The first-order chi connectivity index (χ1) is 6.40. The number of fused-ring (bicyclic) bond motifs is 1. The molecule has 0 bridgehead atoms. The Labute approximate surface area is 86.0 Å². The average molecular weight is 199 g/mol. The van der Waals surface area contributed by atoms with Crippen molar-refractivity contribution >= 4 is 11.8 Å². The highest BCUT2D eigenvalue weighted by Gasteiger charge is 2.31. The molecule has 1 nitrogen and oxygen atoms in total. The van der Waals surface area contributed by atoms with Crippen molar-refractivity contribution in [1.82, 2.24) is 5.32 Å². The maximum absolute atomic E-state index is 3.66. The van der Waals surface area contributed by atoms with Crippen LogP contribution >= 0.6 is 11.8 Å². The van der Waals surface area contributed by atoms with E-state index in [1.165, 1.54) is 44.4 Å². The molecule has 1 heterocycles. The summed E-state index contributed by atoms with van der Waals surface area (Å²) in [5.74, 6) is 2.37. The van der Waals surface area contributed by atoms with Crippen LogP contribution in [0.1, 0.15) is 39.0 Å². The van der Waals surface area contributed by atoms with Gasteiger partial charge in [-0.15, -0.1) is 0 Å². The van der Waals surface area contributed by atoms with Gasteiger partial charge >= 0.3 is 0 Å². The van der Waals surface area contributed by atoms with E-state index >= 15 is 0 Å². The van der Waals surface area contributed by atoms with Crippen LogP contribution in [0.4, 0.5) is 0 Å². The Bertz CT molecular complexity index is 160. The highest BCUT2D eigenvalue weighted by Crippen LogP contribution is 2.36. The molecule has 0 radical (unpaired) electrons.